The topological polar surface area (TPSA) is 84.2 Å². The molecular weight excluding hydrogens is 246 g/mol. The van der Waals surface area contributed by atoms with Crippen LogP contribution in [0.4, 0.5) is 0 Å². The maximum atomic E-state index is 11.7. The molecule has 1 amide bonds. The van der Waals surface area contributed by atoms with Gasteiger partial charge in [0, 0.05) is 45.2 Å². The van der Waals surface area contributed by atoms with Crippen molar-refractivity contribution in [2.45, 2.75) is 13.0 Å². The molecule has 1 aliphatic rings. The number of H-pyrrole nitrogens is 2. The highest BCUT2D eigenvalue weighted by molar-refractivity contribution is 5.75. The third-order valence-electron chi connectivity index (χ3n) is 3.38. The van der Waals surface area contributed by atoms with Gasteiger partial charge in [0.1, 0.15) is 0 Å². The number of nitrogens with one attached hydrogen (secondary N) is 3. The Kier molecular flexibility index (Phi) is 4.75. The van der Waals surface area contributed by atoms with Gasteiger partial charge in [-0.2, -0.15) is 0 Å². The number of piperazine rings is 1. The first-order valence-corrected chi connectivity index (χ1v) is 6.57. The predicted molar refractivity (Wildman–Crippen MR) is 71.8 cm³/mol. The van der Waals surface area contributed by atoms with Crippen LogP contribution in [-0.4, -0.2) is 65.7 Å². The number of rotatable bonds is 5. The fourth-order valence-corrected chi connectivity index (χ4v) is 2.08. The number of hydrogen-bond donors (Lipinski definition) is 3. The quantitative estimate of drug-likeness (QED) is 0.636. The van der Waals surface area contributed by atoms with E-state index in [4.69, 9.17) is 0 Å². The summed E-state index contributed by atoms with van der Waals surface area (Å²) in [5.74, 6) is 0.0148. The first-order chi connectivity index (χ1) is 9.13. The van der Waals surface area contributed by atoms with Crippen LogP contribution in [0.1, 0.15) is 12.1 Å². The average molecular weight is 267 g/mol. The van der Waals surface area contributed by atoms with Gasteiger partial charge in [0.05, 0.1) is 12.2 Å². The van der Waals surface area contributed by atoms with E-state index in [-0.39, 0.29) is 11.5 Å². The Hall–Kier alpha value is -1.60. The van der Waals surface area contributed by atoms with Gasteiger partial charge in [0.15, 0.2) is 0 Å². The lowest BCUT2D eigenvalue weighted by molar-refractivity contribution is -0.121. The molecule has 0 saturated carbocycles. The molecule has 0 atom stereocenters. The molecule has 0 bridgehead atoms. The first kappa shape index (κ1) is 13.8. The lowest BCUT2D eigenvalue weighted by atomic mass is 10.3. The Morgan fingerprint density at radius 1 is 1.32 bits per heavy atom. The van der Waals surface area contributed by atoms with E-state index < -0.39 is 0 Å². The van der Waals surface area contributed by atoms with Crippen LogP contribution >= 0.6 is 0 Å². The molecule has 1 aromatic rings. The Morgan fingerprint density at radius 3 is 2.68 bits per heavy atom. The number of hydrogen-bond acceptors (Lipinski definition) is 4. The van der Waals surface area contributed by atoms with E-state index in [2.05, 4.69) is 32.4 Å². The van der Waals surface area contributed by atoms with E-state index in [1.54, 1.807) is 0 Å². The maximum absolute atomic E-state index is 11.7. The van der Waals surface area contributed by atoms with E-state index in [1.807, 2.05) is 0 Å². The Labute approximate surface area is 111 Å². The summed E-state index contributed by atoms with van der Waals surface area (Å²) in [4.78, 5) is 27.2. The molecule has 0 aromatic carbocycles. The summed E-state index contributed by atoms with van der Waals surface area (Å²) in [5, 5.41) is 7.93. The van der Waals surface area contributed by atoms with E-state index in [0.29, 0.717) is 18.7 Å². The van der Waals surface area contributed by atoms with Crippen LogP contribution in [-0.2, 0) is 11.3 Å². The van der Waals surface area contributed by atoms with Gasteiger partial charge in [-0.25, -0.2) is 0 Å². The highest BCUT2D eigenvalue weighted by Crippen LogP contribution is 2.00. The van der Waals surface area contributed by atoms with Crippen molar-refractivity contribution < 1.29 is 4.79 Å². The second-order valence-electron chi connectivity index (χ2n) is 4.96. The van der Waals surface area contributed by atoms with Crippen LogP contribution in [0.3, 0.4) is 0 Å². The van der Waals surface area contributed by atoms with E-state index in [0.717, 1.165) is 32.7 Å². The smallest absolute Gasteiger partial charge is 0.264 e. The van der Waals surface area contributed by atoms with Crippen molar-refractivity contribution in [3.8, 4) is 0 Å². The summed E-state index contributed by atoms with van der Waals surface area (Å²) in [6, 6.07) is 1.45. The molecule has 1 aromatic heterocycles. The number of carbonyl (C=O) groups excluding carboxylic acids is 1. The lowest BCUT2D eigenvalue weighted by Crippen LogP contribution is -2.45. The second-order valence-corrected chi connectivity index (χ2v) is 4.96. The van der Waals surface area contributed by atoms with Crippen molar-refractivity contribution in [3.05, 3.63) is 22.1 Å². The van der Waals surface area contributed by atoms with Crippen LogP contribution in [0.2, 0.25) is 0 Å². The molecule has 19 heavy (non-hydrogen) atoms. The van der Waals surface area contributed by atoms with Crippen molar-refractivity contribution >= 4 is 5.91 Å². The first-order valence-electron chi connectivity index (χ1n) is 6.57. The van der Waals surface area contributed by atoms with Crippen molar-refractivity contribution in [1.82, 2.24) is 25.3 Å². The van der Waals surface area contributed by atoms with E-state index in [9.17, 15) is 9.59 Å². The van der Waals surface area contributed by atoms with Gasteiger partial charge in [-0.3, -0.25) is 14.7 Å². The van der Waals surface area contributed by atoms with Crippen molar-refractivity contribution in [2.75, 3.05) is 39.8 Å². The third kappa shape index (κ3) is 4.53. The summed E-state index contributed by atoms with van der Waals surface area (Å²) in [7, 11) is 2.11. The molecule has 2 rings (SSSR count). The molecule has 1 aliphatic heterocycles. The largest absolute Gasteiger partial charge is 0.350 e. The average Bonchev–Trinajstić information content (AvgIpc) is 2.81. The monoisotopic (exact) mass is 267 g/mol. The number of nitrogens with zero attached hydrogens (tertiary/aromatic N) is 2. The molecule has 0 aliphatic carbocycles. The Morgan fingerprint density at radius 2 is 2.05 bits per heavy atom. The van der Waals surface area contributed by atoms with Gasteiger partial charge in [-0.1, -0.05) is 0 Å². The van der Waals surface area contributed by atoms with E-state index >= 15 is 0 Å². The van der Waals surface area contributed by atoms with Gasteiger partial charge < -0.3 is 20.2 Å². The third-order valence-corrected chi connectivity index (χ3v) is 3.38. The molecule has 0 spiro atoms. The van der Waals surface area contributed by atoms with Crippen LogP contribution in [0.15, 0.2) is 10.9 Å². The minimum atomic E-state index is -0.179. The summed E-state index contributed by atoms with van der Waals surface area (Å²) < 4.78 is 0. The predicted octanol–water partition coefficient (Wildman–Crippen LogP) is -1.04. The molecule has 0 radical (unpaired) electrons. The molecule has 3 N–H and O–H groups in total. The minimum Gasteiger partial charge on any atom is -0.350 e. The SMILES string of the molecule is CN1CCN(CCC(=O)NCc2cc(=O)[nH][nH]2)CC1. The fourth-order valence-electron chi connectivity index (χ4n) is 2.08. The lowest BCUT2D eigenvalue weighted by Gasteiger charge is -2.32. The molecule has 106 valence electrons. The zero-order chi connectivity index (χ0) is 13.7. The molecular formula is C12H21N5O2. The van der Waals surface area contributed by atoms with Gasteiger partial charge in [-0.15, -0.1) is 0 Å². The standard InChI is InChI=1S/C12H21N5O2/c1-16-4-6-17(7-5-16)3-2-11(18)13-9-10-8-12(19)15-14-10/h8H,2-7,9H2,1H3,(H,13,18)(H2,14,15,19). The number of carbonyl (C=O) groups is 1. The molecule has 7 heteroatoms. The van der Waals surface area contributed by atoms with Gasteiger partial charge >= 0.3 is 0 Å². The van der Waals surface area contributed by atoms with Crippen LogP contribution < -0.4 is 10.9 Å². The number of aromatic nitrogens is 2. The van der Waals surface area contributed by atoms with Crippen LogP contribution in [0, 0.1) is 0 Å². The van der Waals surface area contributed by atoms with Crippen LogP contribution in [0.25, 0.3) is 0 Å². The molecule has 2 heterocycles. The number of likely N-dealkylation sites (N-methyl/N-ethyl adjacent to an activating group) is 1. The fraction of sp³-hybridized carbons (Fsp3) is 0.667. The number of amides is 1. The minimum absolute atomic E-state index is 0.0148. The summed E-state index contributed by atoms with van der Waals surface area (Å²) in [6.45, 7) is 5.33. The van der Waals surface area contributed by atoms with Crippen LogP contribution in [0.5, 0.6) is 0 Å². The Bertz CT molecular complexity index is 459. The highest BCUT2D eigenvalue weighted by Gasteiger charge is 2.14. The van der Waals surface area contributed by atoms with Crippen molar-refractivity contribution in [3.63, 3.8) is 0 Å². The van der Waals surface area contributed by atoms with Crippen molar-refractivity contribution in [2.24, 2.45) is 0 Å². The molecule has 7 nitrogen and oxygen atoms in total. The van der Waals surface area contributed by atoms with Crippen molar-refractivity contribution in [1.29, 1.82) is 0 Å². The zero-order valence-corrected chi connectivity index (χ0v) is 11.2. The zero-order valence-electron chi connectivity index (χ0n) is 11.2. The highest BCUT2D eigenvalue weighted by atomic mass is 16.1. The summed E-state index contributed by atoms with van der Waals surface area (Å²) >= 11 is 0. The second kappa shape index (κ2) is 6.53. The van der Waals surface area contributed by atoms with Gasteiger partial charge in [0.2, 0.25) is 5.91 Å². The normalized spacial score (nSPS) is 17.5. The van der Waals surface area contributed by atoms with E-state index in [1.165, 1.54) is 6.07 Å². The molecule has 0 unspecified atom stereocenters. The maximum Gasteiger partial charge on any atom is 0.264 e. The Balaban J connectivity index is 1.63. The molecule has 1 fully saturated rings. The van der Waals surface area contributed by atoms with Gasteiger partial charge in [0.25, 0.3) is 5.56 Å². The summed E-state index contributed by atoms with van der Waals surface area (Å²) in [5.41, 5.74) is 0.514. The summed E-state index contributed by atoms with van der Waals surface area (Å²) in [6.07, 6.45) is 0.498. The van der Waals surface area contributed by atoms with Gasteiger partial charge in [-0.05, 0) is 7.05 Å². The molecule has 1 saturated heterocycles. The number of aromatic amines is 2.